The average molecular weight is 249 g/mol. The van der Waals surface area contributed by atoms with E-state index < -0.39 is 0 Å². The predicted molar refractivity (Wildman–Crippen MR) is 83.3 cm³/mol. The summed E-state index contributed by atoms with van der Waals surface area (Å²) in [5, 5.41) is 0. The van der Waals surface area contributed by atoms with Crippen LogP contribution < -0.4 is 0 Å². The summed E-state index contributed by atoms with van der Waals surface area (Å²) in [7, 11) is 2.09. The monoisotopic (exact) mass is 249 g/mol. The lowest BCUT2D eigenvalue weighted by atomic mass is 9.75. The van der Waals surface area contributed by atoms with Crippen LogP contribution in [0, 0.1) is 10.8 Å². The van der Waals surface area contributed by atoms with E-state index in [4.69, 9.17) is 0 Å². The maximum atomic E-state index is 4.18. The van der Waals surface area contributed by atoms with Gasteiger partial charge in [-0.15, -0.1) is 0 Å². The molecule has 1 nitrogen and oxygen atoms in total. The molecule has 0 atom stereocenters. The summed E-state index contributed by atoms with van der Waals surface area (Å²) in [6.45, 7) is 25.9. The Morgan fingerprint density at radius 1 is 0.833 bits per heavy atom. The Hall–Kier alpha value is -0.980. The molecule has 0 aliphatic rings. The summed E-state index contributed by atoms with van der Waals surface area (Å²) in [6.07, 6.45) is 0. The zero-order valence-electron chi connectivity index (χ0n) is 13.9. The molecule has 0 amide bonds. The summed E-state index contributed by atoms with van der Waals surface area (Å²) >= 11 is 0. The molecule has 0 aliphatic carbocycles. The average Bonchev–Trinajstić information content (AvgIpc) is 2.07. The van der Waals surface area contributed by atoms with E-state index in [-0.39, 0.29) is 10.8 Å². The third kappa shape index (κ3) is 4.04. The van der Waals surface area contributed by atoms with Gasteiger partial charge in [0.25, 0.3) is 0 Å². The van der Waals surface area contributed by atoms with E-state index in [1.165, 1.54) is 11.3 Å². The predicted octanol–water partition coefficient (Wildman–Crippen LogP) is 5.37. The van der Waals surface area contributed by atoms with Gasteiger partial charge in [-0.2, -0.15) is 0 Å². The van der Waals surface area contributed by atoms with E-state index in [2.05, 4.69) is 73.6 Å². The number of allylic oxidation sites excluding steroid dienone is 4. The van der Waals surface area contributed by atoms with Gasteiger partial charge in [-0.05, 0) is 24.8 Å². The molecule has 104 valence electrons. The van der Waals surface area contributed by atoms with Crippen LogP contribution in [0.15, 0.2) is 35.7 Å². The van der Waals surface area contributed by atoms with Gasteiger partial charge in [-0.1, -0.05) is 60.3 Å². The van der Waals surface area contributed by atoms with E-state index >= 15 is 0 Å². The second-order valence-corrected chi connectivity index (χ2v) is 7.30. The maximum Gasteiger partial charge on any atom is 0.0267 e. The van der Waals surface area contributed by atoms with E-state index in [1.807, 2.05) is 6.92 Å². The Morgan fingerprint density at radius 3 is 1.39 bits per heavy atom. The minimum Gasteiger partial charge on any atom is -0.352 e. The number of rotatable bonds is 3. The zero-order chi connectivity index (χ0) is 14.9. The number of nitrogens with zero attached hydrogens (tertiary/aromatic N) is 1. The summed E-state index contributed by atoms with van der Waals surface area (Å²) in [5.41, 5.74) is 4.99. The third-order valence-electron chi connectivity index (χ3n) is 3.03. The fourth-order valence-corrected chi connectivity index (χ4v) is 2.43. The first kappa shape index (κ1) is 17.0. The molecule has 18 heavy (non-hydrogen) atoms. The molecule has 0 unspecified atom stereocenters. The van der Waals surface area contributed by atoms with Gasteiger partial charge in [-0.25, -0.2) is 0 Å². The fraction of sp³-hybridized carbons (Fsp3) is 0.647. The largest absolute Gasteiger partial charge is 0.352 e. The quantitative estimate of drug-likeness (QED) is 0.607. The van der Waals surface area contributed by atoms with Crippen LogP contribution in [-0.4, -0.2) is 11.9 Å². The van der Waals surface area contributed by atoms with Gasteiger partial charge in [0.1, 0.15) is 0 Å². The van der Waals surface area contributed by atoms with Crippen LogP contribution in [-0.2, 0) is 0 Å². The molecule has 0 saturated carbocycles. The first-order chi connectivity index (χ1) is 7.80. The molecule has 0 aromatic heterocycles. The fourth-order valence-electron chi connectivity index (χ4n) is 2.43. The summed E-state index contributed by atoms with van der Waals surface area (Å²) < 4.78 is 0. The summed E-state index contributed by atoms with van der Waals surface area (Å²) in [4.78, 5) is 2.20. The minimum absolute atomic E-state index is 0.0647. The molecular weight excluding hydrogens is 218 g/mol. The summed E-state index contributed by atoms with van der Waals surface area (Å²) in [6, 6.07) is 0. The molecule has 0 heterocycles. The van der Waals surface area contributed by atoms with E-state index in [0.29, 0.717) is 0 Å². The van der Waals surface area contributed by atoms with Crippen molar-refractivity contribution >= 4 is 0 Å². The van der Waals surface area contributed by atoms with Crippen LogP contribution >= 0.6 is 0 Å². The van der Waals surface area contributed by atoms with Crippen molar-refractivity contribution in [3.8, 4) is 0 Å². The maximum absolute atomic E-state index is 4.18. The van der Waals surface area contributed by atoms with E-state index in [9.17, 15) is 0 Å². The lowest BCUT2D eigenvalue weighted by Crippen LogP contribution is -2.30. The standard InChI is InChI=1S/C17H31N/c1-12(2)14(16(5,6)7)15(17(8,9)10)18(11)13(3)4/h1,3H2,2,4-11H3/b15-14+. The molecule has 1 heteroatoms. The van der Waals surface area contributed by atoms with Gasteiger partial charge in [-0.3, -0.25) is 0 Å². The Bertz CT molecular complexity index is 369. The first-order valence-corrected chi connectivity index (χ1v) is 6.60. The zero-order valence-corrected chi connectivity index (χ0v) is 13.9. The van der Waals surface area contributed by atoms with Gasteiger partial charge in [0.2, 0.25) is 0 Å². The lowest BCUT2D eigenvalue weighted by molar-refractivity contribution is 0.335. The molecule has 0 N–H and O–H groups in total. The van der Waals surface area contributed by atoms with Crippen molar-refractivity contribution in [3.63, 3.8) is 0 Å². The second kappa shape index (κ2) is 5.34. The SMILES string of the molecule is C=C(C)/C(=C(\N(C)C(=C)C)C(C)(C)C)C(C)(C)C. The van der Waals surface area contributed by atoms with Crippen molar-refractivity contribution in [2.24, 2.45) is 10.8 Å². The molecular formula is C17H31N. The number of hydrogen-bond donors (Lipinski definition) is 0. The van der Waals surface area contributed by atoms with Crippen molar-refractivity contribution in [2.75, 3.05) is 7.05 Å². The Kier molecular flexibility index (Phi) is 5.05. The molecule has 0 aromatic carbocycles. The highest BCUT2D eigenvalue weighted by Crippen LogP contribution is 2.41. The van der Waals surface area contributed by atoms with E-state index in [1.54, 1.807) is 0 Å². The van der Waals surface area contributed by atoms with Crippen molar-refractivity contribution in [1.29, 1.82) is 0 Å². The van der Waals surface area contributed by atoms with E-state index in [0.717, 1.165) is 11.3 Å². The topological polar surface area (TPSA) is 3.24 Å². The lowest BCUT2D eigenvalue weighted by Gasteiger charge is -2.39. The first-order valence-electron chi connectivity index (χ1n) is 6.60. The van der Waals surface area contributed by atoms with Crippen LogP contribution in [0.25, 0.3) is 0 Å². The van der Waals surface area contributed by atoms with Crippen molar-refractivity contribution in [3.05, 3.63) is 35.7 Å². The van der Waals surface area contributed by atoms with Crippen LogP contribution in [0.2, 0.25) is 0 Å². The Balaban J connectivity index is 6.25. The second-order valence-electron chi connectivity index (χ2n) is 7.30. The third-order valence-corrected chi connectivity index (χ3v) is 3.03. The molecule has 0 aliphatic heterocycles. The van der Waals surface area contributed by atoms with Gasteiger partial charge < -0.3 is 4.90 Å². The van der Waals surface area contributed by atoms with Crippen LogP contribution in [0.3, 0.4) is 0 Å². The minimum atomic E-state index is 0.0647. The molecule has 0 saturated heterocycles. The molecule has 0 fully saturated rings. The molecule has 0 radical (unpaired) electrons. The highest BCUT2D eigenvalue weighted by atomic mass is 15.1. The summed E-state index contributed by atoms with van der Waals surface area (Å²) in [5.74, 6) is 0. The van der Waals surface area contributed by atoms with Crippen LogP contribution in [0.5, 0.6) is 0 Å². The van der Waals surface area contributed by atoms with Crippen molar-refractivity contribution < 1.29 is 0 Å². The molecule has 0 spiro atoms. The van der Waals surface area contributed by atoms with Crippen LogP contribution in [0.4, 0.5) is 0 Å². The number of hydrogen-bond acceptors (Lipinski definition) is 1. The molecule has 0 rings (SSSR count). The molecule has 0 aromatic rings. The highest BCUT2D eigenvalue weighted by Gasteiger charge is 2.30. The van der Waals surface area contributed by atoms with Crippen LogP contribution in [0.1, 0.15) is 55.4 Å². The molecule has 0 bridgehead atoms. The smallest absolute Gasteiger partial charge is 0.0267 e. The van der Waals surface area contributed by atoms with Gasteiger partial charge in [0, 0.05) is 23.9 Å². The van der Waals surface area contributed by atoms with Crippen molar-refractivity contribution in [1.82, 2.24) is 4.90 Å². The van der Waals surface area contributed by atoms with Gasteiger partial charge >= 0.3 is 0 Å². The van der Waals surface area contributed by atoms with Gasteiger partial charge in [0.15, 0.2) is 0 Å². The van der Waals surface area contributed by atoms with Gasteiger partial charge in [0.05, 0.1) is 0 Å². The Labute approximate surface area is 114 Å². The normalized spacial score (nSPS) is 14.1. The Morgan fingerprint density at radius 2 is 1.22 bits per heavy atom. The van der Waals surface area contributed by atoms with Crippen molar-refractivity contribution in [2.45, 2.75) is 55.4 Å². The highest BCUT2D eigenvalue weighted by molar-refractivity contribution is 5.39.